The van der Waals surface area contributed by atoms with Crippen molar-refractivity contribution in [3.05, 3.63) is 33.9 Å². The van der Waals surface area contributed by atoms with Crippen molar-refractivity contribution in [1.29, 1.82) is 0 Å². The molecule has 0 fully saturated rings. The molecule has 15 heavy (non-hydrogen) atoms. The third-order valence-corrected chi connectivity index (χ3v) is 3.28. The second-order valence-electron chi connectivity index (χ2n) is 2.91. The van der Waals surface area contributed by atoms with Gasteiger partial charge in [0.05, 0.1) is 11.8 Å². The van der Waals surface area contributed by atoms with Crippen LogP contribution in [0, 0.1) is 5.82 Å². The number of hydrogen-bond acceptors (Lipinski definition) is 3. The largest absolute Gasteiger partial charge is 0.465 e. The SMILES string of the molecule is COC(=O)c1cc2cc(Cl)cc(F)c2s1. The molecule has 0 spiro atoms. The second-order valence-corrected chi connectivity index (χ2v) is 4.40. The smallest absolute Gasteiger partial charge is 0.348 e. The first kappa shape index (κ1) is 10.4. The standard InChI is InChI=1S/C10H6ClFO2S/c1-14-10(13)8-3-5-2-6(11)4-7(12)9(5)15-8/h2-4H,1H3. The highest BCUT2D eigenvalue weighted by Crippen LogP contribution is 2.31. The maximum Gasteiger partial charge on any atom is 0.348 e. The van der Waals surface area contributed by atoms with Crippen LogP contribution in [0.3, 0.4) is 0 Å². The molecule has 0 bridgehead atoms. The summed E-state index contributed by atoms with van der Waals surface area (Å²) in [4.78, 5) is 11.6. The summed E-state index contributed by atoms with van der Waals surface area (Å²) in [6.07, 6.45) is 0. The van der Waals surface area contributed by atoms with Crippen molar-refractivity contribution >= 4 is 39.0 Å². The highest BCUT2D eigenvalue weighted by atomic mass is 35.5. The van der Waals surface area contributed by atoms with Crippen molar-refractivity contribution in [2.24, 2.45) is 0 Å². The first-order valence-corrected chi connectivity index (χ1v) is 5.28. The Morgan fingerprint density at radius 3 is 2.87 bits per heavy atom. The number of ether oxygens (including phenoxy) is 1. The summed E-state index contributed by atoms with van der Waals surface area (Å²) in [7, 11) is 1.29. The van der Waals surface area contributed by atoms with Crippen LogP contribution in [-0.4, -0.2) is 13.1 Å². The number of fused-ring (bicyclic) bond motifs is 1. The molecule has 0 aliphatic rings. The normalized spacial score (nSPS) is 10.6. The Morgan fingerprint density at radius 2 is 2.20 bits per heavy atom. The molecular formula is C10H6ClFO2S. The Bertz CT molecular complexity index is 535. The summed E-state index contributed by atoms with van der Waals surface area (Å²) in [6, 6.07) is 4.41. The monoisotopic (exact) mass is 244 g/mol. The summed E-state index contributed by atoms with van der Waals surface area (Å²) in [5, 5.41) is 0.930. The molecule has 0 radical (unpaired) electrons. The van der Waals surface area contributed by atoms with Gasteiger partial charge in [-0.1, -0.05) is 11.6 Å². The van der Waals surface area contributed by atoms with Gasteiger partial charge in [0.15, 0.2) is 0 Å². The zero-order chi connectivity index (χ0) is 11.0. The molecule has 2 aromatic rings. The lowest BCUT2D eigenvalue weighted by Gasteiger charge is -1.92. The van der Waals surface area contributed by atoms with Gasteiger partial charge in [0.2, 0.25) is 0 Å². The summed E-state index contributed by atoms with van der Waals surface area (Å²) < 4.78 is 18.4. The average molecular weight is 245 g/mol. The van der Waals surface area contributed by atoms with E-state index in [2.05, 4.69) is 4.74 Å². The minimum Gasteiger partial charge on any atom is -0.465 e. The van der Waals surface area contributed by atoms with Crippen LogP contribution in [0.4, 0.5) is 4.39 Å². The number of carbonyl (C=O) groups excluding carboxylic acids is 1. The Kier molecular flexibility index (Phi) is 2.63. The van der Waals surface area contributed by atoms with Gasteiger partial charge in [0, 0.05) is 5.02 Å². The van der Waals surface area contributed by atoms with E-state index in [1.165, 1.54) is 13.2 Å². The van der Waals surface area contributed by atoms with Crippen molar-refractivity contribution < 1.29 is 13.9 Å². The fraction of sp³-hybridized carbons (Fsp3) is 0.100. The summed E-state index contributed by atoms with van der Waals surface area (Å²) in [5.41, 5.74) is 0. The van der Waals surface area contributed by atoms with Gasteiger partial charge in [0.1, 0.15) is 10.7 Å². The average Bonchev–Trinajstić information content (AvgIpc) is 2.60. The minimum absolute atomic E-state index is 0.314. The fourth-order valence-electron chi connectivity index (χ4n) is 1.28. The third kappa shape index (κ3) is 1.82. The highest BCUT2D eigenvalue weighted by molar-refractivity contribution is 7.20. The van der Waals surface area contributed by atoms with Gasteiger partial charge in [-0.3, -0.25) is 0 Å². The maximum atomic E-state index is 13.4. The number of methoxy groups -OCH3 is 1. The van der Waals surface area contributed by atoms with E-state index in [9.17, 15) is 9.18 Å². The first-order chi connectivity index (χ1) is 7.11. The summed E-state index contributed by atoms with van der Waals surface area (Å²) in [5.74, 6) is -0.885. The molecule has 0 amide bonds. The number of esters is 1. The molecule has 1 aromatic heterocycles. The number of rotatable bonds is 1. The Labute approximate surface area is 94.2 Å². The van der Waals surface area contributed by atoms with Crippen LogP contribution in [0.25, 0.3) is 10.1 Å². The second kappa shape index (κ2) is 3.79. The van der Waals surface area contributed by atoms with Crippen LogP contribution in [0.5, 0.6) is 0 Å². The van der Waals surface area contributed by atoms with Gasteiger partial charge >= 0.3 is 5.97 Å². The van der Waals surface area contributed by atoms with Crippen molar-refractivity contribution in [2.45, 2.75) is 0 Å². The predicted octanol–water partition coefficient (Wildman–Crippen LogP) is 3.48. The van der Waals surface area contributed by atoms with Crippen LogP contribution in [0.2, 0.25) is 5.02 Å². The van der Waals surface area contributed by atoms with E-state index >= 15 is 0 Å². The molecule has 2 nitrogen and oxygen atoms in total. The lowest BCUT2D eigenvalue weighted by Crippen LogP contribution is -1.96. The molecule has 0 unspecified atom stereocenters. The van der Waals surface area contributed by atoms with Gasteiger partial charge in [-0.05, 0) is 23.6 Å². The predicted molar refractivity (Wildman–Crippen MR) is 58.1 cm³/mol. The van der Waals surface area contributed by atoms with E-state index in [4.69, 9.17) is 11.6 Å². The van der Waals surface area contributed by atoms with Crippen LogP contribution in [-0.2, 0) is 4.74 Å². The molecule has 0 saturated carbocycles. The first-order valence-electron chi connectivity index (χ1n) is 4.08. The van der Waals surface area contributed by atoms with E-state index in [-0.39, 0.29) is 0 Å². The third-order valence-electron chi connectivity index (χ3n) is 1.92. The highest BCUT2D eigenvalue weighted by Gasteiger charge is 2.13. The van der Waals surface area contributed by atoms with Crippen molar-refractivity contribution in [3.8, 4) is 0 Å². The molecule has 78 valence electrons. The molecule has 2 rings (SSSR count). The summed E-state index contributed by atoms with van der Waals surface area (Å²) in [6.45, 7) is 0. The molecule has 1 heterocycles. The fourth-order valence-corrected chi connectivity index (χ4v) is 2.45. The molecule has 0 N–H and O–H groups in total. The van der Waals surface area contributed by atoms with Crippen molar-refractivity contribution in [2.75, 3.05) is 7.11 Å². The molecule has 0 saturated heterocycles. The minimum atomic E-state index is -0.466. The van der Waals surface area contributed by atoms with Gasteiger partial charge in [-0.2, -0.15) is 0 Å². The number of benzene rings is 1. The van der Waals surface area contributed by atoms with E-state index in [0.29, 0.717) is 20.0 Å². The van der Waals surface area contributed by atoms with Gasteiger partial charge in [0.25, 0.3) is 0 Å². The van der Waals surface area contributed by atoms with Crippen LogP contribution >= 0.6 is 22.9 Å². The Morgan fingerprint density at radius 1 is 1.47 bits per heavy atom. The maximum absolute atomic E-state index is 13.4. The molecule has 5 heteroatoms. The Hall–Kier alpha value is -1.13. The lowest BCUT2D eigenvalue weighted by molar-refractivity contribution is 0.0606. The number of hydrogen-bond donors (Lipinski definition) is 0. The lowest BCUT2D eigenvalue weighted by atomic mass is 10.2. The van der Waals surface area contributed by atoms with E-state index < -0.39 is 11.8 Å². The number of thiophene rings is 1. The molecule has 0 aliphatic carbocycles. The molecule has 0 aliphatic heterocycles. The Balaban J connectivity index is 2.65. The number of carbonyl (C=O) groups is 1. The quantitative estimate of drug-likeness (QED) is 0.718. The molecule has 1 aromatic carbocycles. The van der Waals surface area contributed by atoms with E-state index in [1.54, 1.807) is 12.1 Å². The van der Waals surface area contributed by atoms with Crippen LogP contribution < -0.4 is 0 Å². The van der Waals surface area contributed by atoms with E-state index in [1.807, 2.05) is 0 Å². The van der Waals surface area contributed by atoms with Gasteiger partial charge in [-0.25, -0.2) is 9.18 Å². The van der Waals surface area contributed by atoms with Crippen LogP contribution in [0.1, 0.15) is 9.67 Å². The summed E-state index contributed by atoms with van der Waals surface area (Å²) >= 11 is 6.75. The van der Waals surface area contributed by atoms with Crippen LogP contribution in [0.15, 0.2) is 18.2 Å². The van der Waals surface area contributed by atoms with Gasteiger partial charge in [-0.15, -0.1) is 11.3 Å². The van der Waals surface area contributed by atoms with Gasteiger partial charge < -0.3 is 4.74 Å². The molecule has 0 atom stereocenters. The van der Waals surface area contributed by atoms with Crippen molar-refractivity contribution in [3.63, 3.8) is 0 Å². The zero-order valence-electron chi connectivity index (χ0n) is 7.71. The van der Waals surface area contributed by atoms with Crippen molar-refractivity contribution in [1.82, 2.24) is 0 Å². The molecular weight excluding hydrogens is 239 g/mol. The van der Waals surface area contributed by atoms with E-state index in [0.717, 1.165) is 11.3 Å². The topological polar surface area (TPSA) is 26.3 Å². The number of halogens is 2. The zero-order valence-corrected chi connectivity index (χ0v) is 9.29.